The van der Waals surface area contributed by atoms with Gasteiger partial charge in [0.25, 0.3) is 0 Å². The Morgan fingerprint density at radius 2 is 2.45 bits per heavy atom. The zero-order valence-corrected chi connectivity index (χ0v) is 6.70. The number of nitrogens with zero attached hydrogens (tertiary/aromatic N) is 1. The van der Waals surface area contributed by atoms with Gasteiger partial charge < -0.3 is 9.84 Å². The minimum absolute atomic E-state index is 0.314. The molecule has 0 saturated carbocycles. The lowest BCUT2D eigenvalue weighted by Gasteiger charge is -2.25. The van der Waals surface area contributed by atoms with Gasteiger partial charge in [0.15, 0.2) is 0 Å². The van der Waals surface area contributed by atoms with Crippen LogP contribution in [0.25, 0.3) is 0 Å². The largest absolute Gasteiger partial charge is 0.396 e. The third kappa shape index (κ3) is 1.41. The van der Waals surface area contributed by atoms with Crippen LogP contribution in [0.4, 0.5) is 0 Å². The second kappa shape index (κ2) is 3.09. The van der Waals surface area contributed by atoms with Crippen molar-refractivity contribution < 1.29 is 9.84 Å². The van der Waals surface area contributed by atoms with Crippen LogP contribution in [0.1, 0.15) is 12.8 Å². The molecule has 0 unspecified atom stereocenters. The maximum absolute atomic E-state index is 8.64. The van der Waals surface area contributed by atoms with Crippen LogP contribution in [-0.2, 0) is 4.74 Å². The molecule has 2 bridgehead atoms. The van der Waals surface area contributed by atoms with Crippen LogP contribution < -0.4 is 0 Å². The first-order valence-corrected chi connectivity index (χ1v) is 4.36. The Morgan fingerprint density at radius 3 is 3.00 bits per heavy atom. The highest BCUT2D eigenvalue weighted by atomic mass is 16.5. The summed E-state index contributed by atoms with van der Waals surface area (Å²) >= 11 is 0. The van der Waals surface area contributed by atoms with Crippen LogP contribution in [0.3, 0.4) is 0 Å². The van der Waals surface area contributed by atoms with E-state index < -0.39 is 0 Å². The SMILES string of the molecule is OCCCN1C[C@H]2C[C@@H]1CO2. The molecule has 0 aromatic carbocycles. The van der Waals surface area contributed by atoms with Gasteiger partial charge in [0, 0.05) is 25.7 Å². The lowest BCUT2D eigenvalue weighted by Crippen LogP contribution is -2.37. The lowest BCUT2D eigenvalue weighted by atomic mass is 10.2. The second-order valence-corrected chi connectivity index (χ2v) is 3.42. The van der Waals surface area contributed by atoms with E-state index in [-0.39, 0.29) is 0 Å². The Labute approximate surface area is 66.9 Å². The van der Waals surface area contributed by atoms with E-state index in [0.717, 1.165) is 26.1 Å². The molecule has 0 aliphatic carbocycles. The summed E-state index contributed by atoms with van der Waals surface area (Å²) in [5.74, 6) is 0. The topological polar surface area (TPSA) is 32.7 Å². The molecular weight excluding hydrogens is 142 g/mol. The number of aliphatic hydroxyl groups excluding tert-OH is 1. The summed E-state index contributed by atoms with van der Waals surface area (Å²) in [6.07, 6.45) is 2.62. The van der Waals surface area contributed by atoms with Crippen molar-refractivity contribution in [3.05, 3.63) is 0 Å². The first-order chi connectivity index (χ1) is 5.40. The molecule has 64 valence electrons. The van der Waals surface area contributed by atoms with Crippen LogP contribution in [-0.4, -0.2) is 48.5 Å². The minimum Gasteiger partial charge on any atom is -0.396 e. The van der Waals surface area contributed by atoms with Gasteiger partial charge >= 0.3 is 0 Å². The molecule has 3 heteroatoms. The molecule has 11 heavy (non-hydrogen) atoms. The molecule has 2 rings (SSSR count). The summed E-state index contributed by atoms with van der Waals surface area (Å²) in [5, 5.41) is 8.64. The zero-order valence-electron chi connectivity index (χ0n) is 6.70. The molecule has 2 aliphatic rings. The van der Waals surface area contributed by atoms with Crippen LogP contribution in [0.15, 0.2) is 0 Å². The van der Waals surface area contributed by atoms with Crippen molar-refractivity contribution in [2.45, 2.75) is 25.0 Å². The van der Waals surface area contributed by atoms with E-state index in [1.807, 2.05) is 0 Å². The predicted octanol–water partition coefficient (Wildman–Crippen LogP) is -0.158. The Morgan fingerprint density at radius 1 is 1.55 bits per heavy atom. The Kier molecular flexibility index (Phi) is 2.11. The van der Waals surface area contributed by atoms with Gasteiger partial charge in [-0.25, -0.2) is 0 Å². The molecule has 2 atom stereocenters. The van der Waals surface area contributed by atoms with Gasteiger partial charge in [0.2, 0.25) is 0 Å². The number of hydrogen-bond acceptors (Lipinski definition) is 3. The van der Waals surface area contributed by atoms with E-state index in [0.29, 0.717) is 18.8 Å². The van der Waals surface area contributed by atoms with Gasteiger partial charge in [-0.3, -0.25) is 4.90 Å². The number of morpholine rings is 1. The first-order valence-electron chi connectivity index (χ1n) is 4.36. The lowest BCUT2D eigenvalue weighted by molar-refractivity contribution is 0.0284. The highest BCUT2D eigenvalue weighted by Gasteiger charge is 2.38. The van der Waals surface area contributed by atoms with E-state index in [1.165, 1.54) is 6.42 Å². The summed E-state index contributed by atoms with van der Waals surface area (Å²) in [7, 11) is 0. The van der Waals surface area contributed by atoms with Crippen molar-refractivity contribution in [2.75, 3.05) is 26.3 Å². The third-order valence-corrected chi connectivity index (χ3v) is 2.62. The van der Waals surface area contributed by atoms with Crippen LogP contribution in [0.5, 0.6) is 0 Å². The molecule has 0 amide bonds. The predicted molar refractivity (Wildman–Crippen MR) is 41.4 cm³/mol. The molecule has 0 radical (unpaired) electrons. The van der Waals surface area contributed by atoms with E-state index >= 15 is 0 Å². The normalized spacial score (nSPS) is 36.8. The van der Waals surface area contributed by atoms with Gasteiger partial charge in [-0.05, 0) is 12.8 Å². The first kappa shape index (κ1) is 7.53. The van der Waals surface area contributed by atoms with Gasteiger partial charge in [-0.2, -0.15) is 0 Å². The molecule has 0 aromatic rings. The fourth-order valence-corrected chi connectivity index (χ4v) is 2.03. The molecule has 0 aromatic heterocycles. The molecule has 2 heterocycles. The molecule has 2 saturated heterocycles. The number of ether oxygens (including phenoxy) is 1. The zero-order chi connectivity index (χ0) is 7.68. The average Bonchev–Trinajstić information content (AvgIpc) is 2.60. The molecule has 0 spiro atoms. The second-order valence-electron chi connectivity index (χ2n) is 3.42. The van der Waals surface area contributed by atoms with Gasteiger partial charge in [0.05, 0.1) is 12.7 Å². The fraction of sp³-hybridized carbons (Fsp3) is 1.00. The Balaban J connectivity index is 1.78. The molecule has 1 N–H and O–H groups in total. The molecule has 3 nitrogen and oxygen atoms in total. The molecule has 2 fully saturated rings. The van der Waals surface area contributed by atoms with E-state index in [9.17, 15) is 0 Å². The number of likely N-dealkylation sites (tertiary alicyclic amines) is 1. The summed E-state index contributed by atoms with van der Waals surface area (Å²) in [4.78, 5) is 2.43. The van der Waals surface area contributed by atoms with Gasteiger partial charge in [-0.1, -0.05) is 0 Å². The van der Waals surface area contributed by atoms with E-state index in [4.69, 9.17) is 9.84 Å². The van der Waals surface area contributed by atoms with E-state index in [2.05, 4.69) is 4.90 Å². The summed E-state index contributed by atoms with van der Waals surface area (Å²) in [5.41, 5.74) is 0. The quantitative estimate of drug-likeness (QED) is 0.618. The maximum Gasteiger partial charge on any atom is 0.0718 e. The van der Waals surface area contributed by atoms with Crippen molar-refractivity contribution in [1.82, 2.24) is 4.90 Å². The molecule has 2 aliphatic heterocycles. The fourth-order valence-electron chi connectivity index (χ4n) is 2.03. The monoisotopic (exact) mass is 157 g/mol. The smallest absolute Gasteiger partial charge is 0.0718 e. The Bertz CT molecular complexity index is 140. The minimum atomic E-state index is 0.314. The number of hydrogen-bond donors (Lipinski definition) is 1. The number of fused-ring (bicyclic) bond motifs is 2. The highest BCUT2D eigenvalue weighted by molar-refractivity contribution is 4.91. The summed E-state index contributed by atoms with van der Waals surface area (Å²) in [6.45, 7) is 3.36. The standard InChI is InChI=1S/C8H15NO2/c10-3-1-2-9-5-8-4-7(9)6-11-8/h7-8,10H,1-6H2/t7-,8-/m1/s1. The number of aliphatic hydroxyl groups is 1. The van der Waals surface area contributed by atoms with Crippen LogP contribution >= 0.6 is 0 Å². The van der Waals surface area contributed by atoms with Gasteiger partial charge in [-0.15, -0.1) is 0 Å². The highest BCUT2D eigenvalue weighted by Crippen LogP contribution is 2.27. The maximum atomic E-state index is 8.64. The molecular formula is C8H15NO2. The van der Waals surface area contributed by atoms with Crippen molar-refractivity contribution >= 4 is 0 Å². The summed E-state index contributed by atoms with van der Waals surface area (Å²) in [6, 6.07) is 0.659. The van der Waals surface area contributed by atoms with Crippen LogP contribution in [0.2, 0.25) is 0 Å². The van der Waals surface area contributed by atoms with Crippen molar-refractivity contribution in [3.8, 4) is 0 Å². The van der Waals surface area contributed by atoms with Crippen molar-refractivity contribution in [3.63, 3.8) is 0 Å². The van der Waals surface area contributed by atoms with E-state index in [1.54, 1.807) is 0 Å². The van der Waals surface area contributed by atoms with Crippen LogP contribution in [0, 0.1) is 0 Å². The third-order valence-electron chi connectivity index (χ3n) is 2.62. The van der Waals surface area contributed by atoms with Crippen molar-refractivity contribution in [2.24, 2.45) is 0 Å². The number of rotatable bonds is 3. The van der Waals surface area contributed by atoms with Gasteiger partial charge in [0.1, 0.15) is 0 Å². The average molecular weight is 157 g/mol. The van der Waals surface area contributed by atoms with Crippen molar-refractivity contribution in [1.29, 1.82) is 0 Å². The summed E-state index contributed by atoms with van der Waals surface area (Å²) < 4.78 is 5.46. The Hall–Kier alpha value is -0.120.